The van der Waals surface area contributed by atoms with Crippen molar-refractivity contribution in [3.63, 3.8) is 0 Å². The van der Waals surface area contributed by atoms with Crippen LogP contribution in [0.5, 0.6) is 0 Å². The molecular weight excluding hydrogens is 308 g/mol. The van der Waals surface area contributed by atoms with E-state index in [1.54, 1.807) is 0 Å². The molecule has 0 saturated heterocycles. The van der Waals surface area contributed by atoms with E-state index in [-0.39, 0.29) is 5.92 Å². The molecule has 3 heteroatoms. The molecule has 1 heterocycles. The van der Waals surface area contributed by atoms with Crippen LogP contribution in [0.15, 0.2) is 78.0 Å². The second-order valence-electron chi connectivity index (χ2n) is 6.41. The Hall–Kier alpha value is -2.81. The lowest BCUT2D eigenvalue weighted by Gasteiger charge is -2.21. The third-order valence-electron chi connectivity index (χ3n) is 4.48. The van der Waals surface area contributed by atoms with Crippen LogP contribution in [0.3, 0.4) is 0 Å². The van der Waals surface area contributed by atoms with Crippen molar-refractivity contribution in [3.05, 3.63) is 106 Å². The molecule has 0 aliphatic rings. The van der Waals surface area contributed by atoms with Gasteiger partial charge in [-0.05, 0) is 49.1 Å². The van der Waals surface area contributed by atoms with Crippen LogP contribution in [0.4, 0.5) is 0 Å². The zero-order valence-corrected chi connectivity index (χ0v) is 14.6. The molecule has 0 fully saturated rings. The SMILES string of the molecule is Cc1cc(C(CC(c2ccccc2)c2ccccc2)N=O)cc(C)n1. The van der Waals surface area contributed by atoms with E-state index in [9.17, 15) is 4.91 Å². The summed E-state index contributed by atoms with van der Waals surface area (Å²) in [7, 11) is 0. The van der Waals surface area contributed by atoms with Crippen LogP contribution >= 0.6 is 0 Å². The number of benzene rings is 2. The van der Waals surface area contributed by atoms with Crippen molar-refractivity contribution < 1.29 is 0 Å². The number of aromatic nitrogens is 1. The van der Waals surface area contributed by atoms with E-state index in [4.69, 9.17) is 0 Å². The summed E-state index contributed by atoms with van der Waals surface area (Å²) in [5, 5.41) is 3.45. The molecular formula is C22H22N2O. The van der Waals surface area contributed by atoms with Crippen molar-refractivity contribution in [2.75, 3.05) is 0 Å². The Bertz CT molecular complexity index is 771. The maximum absolute atomic E-state index is 11.7. The van der Waals surface area contributed by atoms with E-state index >= 15 is 0 Å². The van der Waals surface area contributed by atoms with Crippen LogP contribution in [-0.2, 0) is 0 Å². The van der Waals surface area contributed by atoms with Crippen LogP contribution in [0, 0.1) is 18.8 Å². The molecule has 2 aromatic carbocycles. The summed E-state index contributed by atoms with van der Waals surface area (Å²) in [4.78, 5) is 16.1. The third-order valence-corrected chi connectivity index (χ3v) is 4.48. The highest BCUT2D eigenvalue weighted by Crippen LogP contribution is 2.35. The van der Waals surface area contributed by atoms with Crippen LogP contribution in [0.2, 0.25) is 0 Å². The highest BCUT2D eigenvalue weighted by molar-refractivity contribution is 5.34. The molecule has 0 aliphatic carbocycles. The predicted octanol–water partition coefficient (Wildman–Crippen LogP) is 5.73. The van der Waals surface area contributed by atoms with Gasteiger partial charge in [-0.15, -0.1) is 0 Å². The topological polar surface area (TPSA) is 42.3 Å². The summed E-state index contributed by atoms with van der Waals surface area (Å²) in [6, 6.07) is 24.2. The standard InChI is InChI=1S/C22H22N2O/c1-16-13-20(14-17(2)23-16)22(24-25)15-21(18-9-5-3-6-10-18)19-11-7-4-8-12-19/h3-14,21-22H,15H2,1-2H3. The Balaban J connectivity index is 1.97. The quantitative estimate of drug-likeness (QED) is 0.542. The minimum atomic E-state index is -0.397. The summed E-state index contributed by atoms with van der Waals surface area (Å²) >= 11 is 0. The van der Waals surface area contributed by atoms with Gasteiger partial charge in [0.1, 0.15) is 6.04 Å². The Labute approximate surface area is 148 Å². The Morgan fingerprint density at radius 1 is 0.800 bits per heavy atom. The molecule has 0 N–H and O–H groups in total. The zero-order valence-electron chi connectivity index (χ0n) is 14.6. The second kappa shape index (κ2) is 7.84. The molecule has 3 aromatic rings. The average Bonchev–Trinajstić information content (AvgIpc) is 2.63. The van der Waals surface area contributed by atoms with E-state index < -0.39 is 6.04 Å². The summed E-state index contributed by atoms with van der Waals surface area (Å²) < 4.78 is 0. The Kier molecular flexibility index (Phi) is 5.34. The van der Waals surface area contributed by atoms with Gasteiger partial charge in [-0.3, -0.25) is 4.98 Å². The maximum atomic E-state index is 11.7. The van der Waals surface area contributed by atoms with Gasteiger partial charge in [-0.1, -0.05) is 65.8 Å². The van der Waals surface area contributed by atoms with Crippen molar-refractivity contribution in [1.82, 2.24) is 4.98 Å². The lowest BCUT2D eigenvalue weighted by Crippen LogP contribution is -2.07. The lowest BCUT2D eigenvalue weighted by atomic mass is 9.84. The largest absolute Gasteiger partial charge is 0.258 e. The fourth-order valence-electron chi connectivity index (χ4n) is 3.36. The van der Waals surface area contributed by atoms with E-state index in [0.29, 0.717) is 6.42 Å². The lowest BCUT2D eigenvalue weighted by molar-refractivity contribution is 0.593. The Morgan fingerprint density at radius 3 is 1.72 bits per heavy atom. The highest BCUT2D eigenvalue weighted by atomic mass is 16.3. The van der Waals surface area contributed by atoms with Gasteiger partial charge in [0.05, 0.1) is 0 Å². The molecule has 0 amide bonds. The molecule has 1 unspecified atom stereocenters. The number of rotatable bonds is 6. The second-order valence-corrected chi connectivity index (χ2v) is 6.41. The normalized spacial score (nSPS) is 12.1. The molecule has 126 valence electrons. The number of nitroso groups, excluding NO2 is 1. The fourth-order valence-corrected chi connectivity index (χ4v) is 3.36. The number of nitrogens with zero attached hydrogens (tertiary/aromatic N) is 2. The maximum Gasteiger partial charge on any atom is 0.118 e. The predicted molar refractivity (Wildman–Crippen MR) is 102 cm³/mol. The summed E-state index contributed by atoms with van der Waals surface area (Å²) in [6.45, 7) is 3.90. The molecule has 0 spiro atoms. The van der Waals surface area contributed by atoms with Gasteiger partial charge in [0.15, 0.2) is 0 Å². The van der Waals surface area contributed by atoms with Gasteiger partial charge in [0.25, 0.3) is 0 Å². The number of aryl methyl sites for hydroxylation is 2. The van der Waals surface area contributed by atoms with Gasteiger partial charge >= 0.3 is 0 Å². The van der Waals surface area contributed by atoms with Gasteiger partial charge in [-0.2, -0.15) is 4.91 Å². The number of hydrogen-bond donors (Lipinski definition) is 0. The molecule has 0 aliphatic heterocycles. The van der Waals surface area contributed by atoms with Crippen molar-refractivity contribution >= 4 is 0 Å². The van der Waals surface area contributed by atoms with Crippen molar-refractivity contribution in [2.45, 2.75) is 32.2 Å². The minimum Gasteiger partial charge on any atom is -0.258 e. The number of pyridine rings is 1. The molecule has 3 rings (SSSR count). The monoisotopic (exact) mass is 330 g/mol. The molecule has 0 radical (unpaired) electrons. The first-order valence-electron chi connectivity index (χ1n) is 8.55. The van der Waals surface area contributed by atoms with Gasteiger partial charge in [0.2, 0.25) is 0 Å². The number of hydrogen-bond acceptors (Lipinski definition) is 3. The summed E-state index contributed by atoms with van der Waals surface area (Å²) in [5.41, 5.74) is 5.17. The first kappa shape index (κ1) is 17.0. The molecule has 3 nitrogen and oxygen atoms in total. The van der Waals surface area contributed by atoms with Crippen molar-refractivity contribution in [2.24, 2.45) is 5.18 Å². The van der Waals surface area contributed by atoms with Gasteiger partial charge in [-0.25, -0.2) is 0 Å². The molecule has 1 aromatic heterocycles. The highest BCUT2D eigenvalue weighted by Gasteiger charge is 2.22. The van der Waals surface area contributed by atoms with Crippen molar-refractivity contribution in [1.29, 1.82) is 0 Å². The van der Waals surface area contributed by atoms with Crippen LogP contribution < -0.4 is 0 Å². The van der Waals surface area contributed by atoms with E-state index in [1.165, 1.54) is 11.1 Å². The van der Waals surface area contributed by atoms with E-state index in [1.807, 2.05) is 62.4 Å². The summed E-state index contributed by atoms with van der Waals surface area (Å²) in [5.74, 6) is 0.124. The first-order chi connectivity index (χ1) is 12.2. The molecule has 25 heavy (non-hydrogen) atoms. The fraction of sp³-hybridized carbons (Fsp3) is 0.227. The average molecular weight is 330 g/mol. The van der Waals surface area contributed by atoms with Crippen LogP contribution in [-0.4, -0.2) is 4.98 Å². The van der Waals surface area contributed by atoms with Gasteiger partial charge in [0, 0.05) is 17.3 Å². The van der Waals surface area contributed by atoms with Crippen molar-refractivity contribution in [3.8, 4) is 0 Å². The van der Waals surface area contributed by atoms with Crippen LogP contribution in [0.1, 0.15) is 46.5 Å². The minimum absolute atomic E-state index is 0.124. The third kappa shape index (κ3) is 4.18. The van der Waals surface area contributed by atoms with Crippen LogP contribution in [0.25, 0.3) is 0 Å². The van der Waals surface area contributed by atoms with E-state index in [0.717, 1.165) is 17.0 Å². The molecule has 0 saturated carbocycles. The molecule has 1 atom stereocenters. The summed E-state index contributed by atoms with van der Waals surface area (Å²) in [6.07, 6.45) is 0.639. The smallest absolute Gasteiger partial charge is 0.118 e. The van der Waals surface area contributed by atoms with Gasteiger partial charge < -0.3 is 0 Å². The van der Waals surface area contributed by atoms with E-state index in [2.05, 4.69) is 34.4 Å². The molecule has 0 bridgehead atoms. The first-order valence-corrected chi connectivity index (χ1v) is 8.55. The Morgan fingerprint density at radius 2 is 1.28 bits per heavy atom. The zero-order chi connectivity index (χ0) is 17.6.